The molecule has 5 rings (SSSR count). The minimum atomic E-state index is -0.933. The molecule has 0 saturated carbocycles. The number of hydrogen-bond acceptors (Lipinski definition) is 6. The van der Waals surface area contributed by atoms with Gasteiger partial charge in [0.2, 0.25) is 23.6 Å². The molecule has 2 heterocycles. The normalized spacial score (nSPS) is 16.6. The Labute approximate surface area is 261 Å². The van der Waals surface area contributed by atoms with E-state index in [0.717, 1.165) is 22.0 Å². The second-order valence-electron chi connectivity index (χ2n) is 11.4. The number of fused-ring (bicyclic) bond motifs is 1. The fourth-order valence-electron chi connectivity index (χ4n) is 5.89. The van der Waals surface area contributed by atoms with Crippen LogP contribution < -0.4 is 22.1 Å². The zero-order valence-corrected chi connectivity index (χ0v) is 24.8. The van der Waals surface area contributed by atoms with Gasteiger partial charge in [0.25, 0.3) is 0 Å². The van der Waals surface area contributed by atoms with Gasteiger partial charge in [-0.3, -0.25) is 19.2 Å². The molecule has 1 aliphatic heterocycles. The minimum Gasteiger partial charge on any atom is -0.508 e. The number of amides is 4. The molecule has 1 aliphatic rings. The Bertz CT molecular complexity index is 1650. The second-order valence-corrected chi connectivity index (χ2v) is 11.4. The number of rotatable bonds is 12. The monoisotopic (exact) mass is 610 g/mol. The number of primary amides is 1. The number of para-hydroxylation sites is 1. The van der Waals surface area contributed by atoms with E-state index in [2.05, 4.69) is 15.6 Å². The predicted octanol–water partition coefficient (Wildman–Crippen LogP) is 2.19. The Balaban J connectivity index is 1.31. The lowest BCUT2D eigenvalue weighted by Gasteiger charge is -2.28. The van der Waals surface area contributed by atoms with Crippen molar-refractivity contribution in [1.29, 1.82) is 0 Å². The van der Waals surface area contributed by atoms with Crippen molar-refractivity contribution < 1.29 is 24.3 Å². The third-order valence-corrected chi connectivity index (χ3v) is 8.21. The van der Waals surface area contributed by atoms with E-state index in [4.69, 9.17) is 11.5 Å². The van der Waals surface area contributed by atoms with Crippen molar-refractivity contribution in [2.75, 3.05) is 6.54 Å². The van der Waals surface area contributed by atoms with Crippen molar-refractivity contribution in [3.8, 4) is 5.75 Å². The Morgan fingerprint density at radius 1 is 0.911 bits per heavy atom. The molecule has 11 nitrogen and oxygen atoms in total. The van der Waals surface area contributed by atoms with Crippen LogP contribution in [-0.4, -0.2) is 63.3 Å². The summed E-state index contributed by atoms with van der Waals surface area (Å²) < 4.78 is 0. The number of H-pyrrole nitrogens is 1. The number of likely N-dealkylation sites (tertiary alicyclic amines) is 1. The number of phenols is 1. The number of aromatic nitrogens is 1. The van der Waals surface area contributed by atoms with Gasteiger partial charge in [-0.25, -0.2) is 0 Å². The molecule has 4 unspecified atom stereocenters. The topological polar surface area (TPSA) is 184 Å². The van der Waals surface area contributed by atoms with Gasteiger partial charge >= 0.3 is 0 Å². The summed E-state index contributed by atoms with van der Waals surface area (Å²) in [5.41, 5.74) is 15.1. The number of nitrogens with zero attached hydrogens (tertiary/aromatic N) is 1. The molecule has 45 heavy (non-hydrogen) atoms. The van der Waals surface area contributed by atoms with Crippen LogP contribution in [0.5, 0.6) is 5.75 Å². The zero-order valence-electron chi connectivity index (χ0n) is 24.8. The van der Waals surface area contributed by atoms with Crippen LogP contribution in [0.1, 0.15) is 42.0 Å². The first-order valence-corrected chi connectivity index (χ1v) is 15.0. The van der Waals surface area contributed by atoms with Gasteiger partial charge in [-0.05, 0) is 48.6 Å². The first kappa shape index (κ1) is 31.3. The van der Waals surface area contributed by atoms with Crippen LogP contribution in [0.25, 0.3) is 10.9 Å². The van der Waals surface area contributed by atoms with E-state index in [1.54, 1.807) is 18.3 Å². The van der Waals surface area contributed by atoms with Crippen LogP contribution in [-0.2, 0) is 32.0 Å². The van der Waals surface area contributed by atoms with Crippen LogP contribution in [0.4, 0.5) is 0 Å². The Morgan fingerprint density at radius 2 is 1.60 bits per heavy atom. The molecule has 4 atom stereocenters. The van der Waals surface area contributed by atoms with Gasteiger partial charge in [0.15, 0.2) is 0 Å². The van der Waals surface area contributed by atoms with Crippen LogP contribution >= 0.6 is 0 Å². The number of aromatic hydroxyl groups is 1. The maximum absolute atomic E-state index is 13.8. The molecule has 0 bridgehead atoms. The largest absolute Gasteiger partial charge is 0.508 e. The van der Waals surface area contributed by atoms with E-state index in [-0.39, 0.29) is 30.9 Å². The number of benzene rings is 3. The molecule has 3 aromatic carbocycles. The van der Waals surface area contributed by atoms with E-state index >= 15 is 0 Å². The summed E-state index contributed by atoms with van der Waals surface area (Å²) >= 11 is 0. The number of aromatic amines is 1. The Morgan fingerprint density at radius 3 is 2.33 bits per heavy atom. The minimum absolute atomic E-state index is 0.120. The van der Waals surface area contributed by atoms with Crippen LogP contribution in [0, 0.1) is 0 Å². The fraction of sp³-hybridized carbons (Fsp3) is 0.294. The maximum Gasteiger partial charge on any atom is 0.243 e. The van der Waals surface area contributed by atoms with Gasteiger partial charge in [-0.2, -0.15) is 0 Å². The van der Waals surface area contributed by atoms with E-state index in [9.17, 15) is 24.3 Å². The van der Waals surface area contributed by atoms with Gasteiger partial charge < -0.3 is 37.1 Å². The average molecular weight is 611 g/mol. The molecule has 1 aromatic heterocycles. The first-order valence-electron chi connectivity index (χ1n) is 15.0. The summed E-state index contributed by atoms with van der Waals surface area (Å²) in [6, 6.07) is 19.9. The molecule has 4 amide bonds. The predicted molar refractivity (Wildman–Crippen MR) is 170 cm³/mol. The van der Waals surface area contributed by atoms with Crippen LogP contribution in [0.15, 0.2) is 85.1 Å². The quantitative estimate of drug-likeness (QED) is 0.143. The SMILES string of the molecule is NC(=O)C(Cc1ccccc1)NC(=O)CC(NC(=O)C1CCCN1C(=O)C(N)Cc1ccc(O)cc1)c1c[nH]c2ccccc12. The lowest BCUT2D eigenvalue weighted by molar-refractivity contribution is -0.139. The summed E-state index contributed by atoms with van der Waals surface area (Å²) in [5, 5.41) is 16.1. The second kappa shape index (κ2) is 14.1. The highest BCUT2D eigenvalue weighted by Gasteiger charge is 2.37. The van der Waals surface area contributed by atoms with Crippen molar-refractivity contribution in [2.24, 2.45) is 11.5 Å². The van der Waals surface area contributed by atoms with E-state index < -0.39 is 41.9 Å². The fourth-order valence-corrected chi connectivity index (χ4v) is 5.89. The van der Waals surface area contributed by atoms with Gasteiger partial charge in [0.05, 0.1) is 18.5 Å². The van der Waals surface area contributed by atoms with E-state index in [0.29, 0.717) is 24.9 Å². The van der Waals surface area contributed by atoms with Crippen LogP contribution in [0.3, 0.4) is 0 Å². The molecule has 0 aliphatic carbocycles. The smallest absolute Gasteiger partial charge is 0.243 e. The van der Waals surface area contributed by atoms with E-state index in [1.165, 1.54) is 17.0 Å². The maximum atomic E-state index is 13.8. The molecule has 4 aromatic rings. The highest BCUT2D eigenvalue weighted by Crippen LogP contribution is 2.28. The molecule has 11 heteroatoms. The third kappa shape index (κ3) is 7.68. The van der Waals surface area contributed by atoms with Gasteiger partial charge in [-0.15, -0.1) is 0 Å². The number of nitrogens with one attached hydrogen (secondary N) is 3. The average Bonchev–Trinajstić information content (AvgIpc) is 3.70. The summed E-state index contributed by atoms with van der Waals surface area (Å²) in [7, 11) is 0. The van der Waals surface area contributed by atoms with Crippen molar-refractivity contribution in [3.05, 3.63) is 102 Å². The third-order valence-electron chi connectivity index (χ3n) is 8.21. The van der Waals surface area contributed by atoms with Crippen molar-refractivity contribution >= 4 is 34.5 Å². The Hall–Kier alpha value is -5.16. The zero-order chi connectivity index (χ0) is 31.9. The molecule has 0 radical (unpaired) electrons. The molecular weight excluding hydrogens is 572 g/mol. The van der Waals surface area contributed by atoms with Gasteiger partial charge in [-0.1, -0.05) is 60.7 Å². The summed E-state index contributed by atoms with van der Waals surface area (Å²) in [5.74, 6) is -1.73. The number of carbonyl (C=O) groups is 4. The molecule has 1 saturated heterocycles. The van der Waals surface area contributed by atoms with Crippen LogP contribution in [0.2, 0.25) is 0 Å². The standard InChI is InChI=1S/C34H38N6O5/c35-26(17-22-12-14-23(41)15-13-22)34(45)40-16-6-11-30(40)33(44)39-28(25-20-37-27-10-5-4-9-24(25)27)19-31(42)38-29(32(36)43)18-21-7-2-1-3-8-21/h1-5,7-10,12-15,20,26,28-30,37,41H,6,11,16-19,35H2,(H2,36,43)(H,38,42)(H,39,44). The number of nitrogens with two attached hydrogens (primary N) is 2. The van der Waals surface area contributed by atoms with Crippen molar-refractivity contribution in [1.82, 2.24) is 20.5 Å². The summed E-state index contributed by atoms with van der Waals surface area (Å²) in [4.78, 5) is 57.5. The summed E-state index contributed by atoms with van der Waals surface area (Å²) in [6.45, 7) is 0.387. The molecule has 8 N–H and O–H groups in total. The number of hydrogen-bond donors (Lipinski definition) is 6. The van der Waals surface area contributed by atoms with Crippen molar-refractivity contribution in [3.63, 3.8) is 0 Å². The lowest BCUT2D eigenvalue weighted by atomic mass is 10.0. The van der Waals surface area contributed by atoms with Gasteiger partial charge in [0, 0.05) is 35.6 Å². The molecule has 0 spiro atoms. The summed E-state index contributed by atoms with van der Waals surface area (Å²) in [6.07, 6.45) is 3.17. The molecule has 1 fully saturated rings. The Kier molecular flexibility index (Phi) is 9.79. The first-order chi connectivity index (χ1) is 21.7. The highest BCUT2D eigenvalue weighted by atomic mass is 16.3. The van der Waals surface area contributed by atoms with E-state index in [1.807, 2.05) is 54.6 Å². The molecular formula is C34H38N6O5. The highest BCUT2D eigenvalue weighted by molar-refractivity contribution is 5.92. The number of phenolic OH excluding ortho intramolecular Hbond substituents is 1. The molecule has 234 valence electrons. The van der Waals surface area contributed by atoms with Crippen molar-refractivity contribution in [2.45, 2.75) is 56.3 Å². The van der Waals surface area contributed by atoms with Gasteiger partial charge in [0.1, 0.15) is 17.8 Å². The number of carbonyl (C=O) groups excluding carboxylic acids is 4. The lowest BCUT2D eigenvalue weighted by Crippen LogP contribution is -2.52.